The molecule has 1 aromatic heterocycles. The molecule has 1 aromatic rings. The number of aromatic nitrogens is 1. The second-order valence-corrected chi connectivity index (χ2v) is 3.14. The maximum absolute atomic E-state index is 7.30. The van der Waals surface area contributed by atoms with Crippen LogP contribution in [0.15, 0.2) is 21.3 Å². The molecule has 0 atom stereocenters. The van der Waals surface area contributed by atoms with E-state index in [2.05, 4.69) is 36.8 Å². The van der Waals surface area contributed by atoms with Gasteiger partial charge in [-0.2, -0.15) is 0 Å². The van der Waals surface area contributed by atoms with E-state index in [1.165, 1.54) is 0 Å². The van der Waals surface area contributed by atoms with Crippen LogP contribution in [-0.2, 0) is 0 Å². The summed E-state index contributed by atoms with van der Waals surface area (Å²) >= 11 is 11.7. The normalized spacial score (nSPS) is 12.8. The summed E-state index contributed by atoms with van der Waals surface area (Å²) in [5.41, 5.74) is 0. The largest absolute Gasteiger partial charge is 0.234 e. The number of halogens is 3. The highest BCUT2D eigenvalue weighted by Gasteiger charge is 1.93. The van der Waals surface area contributed by atoms with Crippen LogP contribution in [0.2, 0.25) is 5.02 Å². The van der Waals surface area contributed by atoms with Crippen molar-refractivity contribution in [2.24, 2.45) is 0 Å². The molecule has 0 aromatic carbocycles. The zero-order chi connectivity index (χ0) is 8.59. The Morgan fingerprint density at radius 1 is 1.44 bits per heavy atom. The maximum Gasteiger partial charge on any atom is 0.108 e. The van der Waals surface area contributed by atoms with Crippen LogP contribution < -0.4 is 0 Å². The van der Waals surface area contributed by atoms with Crippen LogP contribution in [0.5, 0.6) is 0 Å². The molecule has 0 fully saturated rings. The summed E-state index contributed by atoms with van der Waals surface area (Å²) in [5, 5.41) is 0.0961. The molecule has 9 heavy (non-hydrogen) atoms. The van der Waals surface area contributed by atoms with Crippen molar-refractivity contribution in [1.29, 1.82) is 0 Å². The first kappa shape index (κ1) is 5.10. The summed E-state index contributed by atoms with van der Waals surface area (Å²) in [6, 6.07) is 0.0831. The average Bonchev–Trinajstić information content (AvgIpc) is 1.97. The van der Waals surface area contributed by atoms with Gasteiger partial charge in [0.2, 0.25) is 0 Å². The van der Waals surface area contributed by atoms with Crippen molar-refractivity contribution in [2.45, 2.75) is 0 Å². The Kier molecular flexibility index (Phi) is 1.70. The molecule has 0 unspecified atom stereocenters. The van der Waals surface area contributed by atoms with Gasteiger partial charge in [0.25, 0.3) is 0 Å². The standard InChI is InChI=1S/C5H2Br2ClN/c6-4-1-3(8)2-5(7)9-4/h1-2H/i1D,2D. The van der Waals surface area contributed by atoms with Gasteiger partial charge in [-0.15, -0.1) is 0 Å². The van der Waals surface area contributed by atoms with Gasteiger partial charge < -0.3 is 0 Å². The predicted molar refractivity (Wildman–Crippen MR) is 44.6 cm³/mol. The first-order valence-electron chi connectivity index (χ1n) is 3.01. The average molecular weight is 273 g/mol. The number of pyridine rings is 1. The lowest BCUT2D eigenvalue weighted by Crippen LogP contribution is -1.75. The summed E-state index contributed by atoms with van der Waals surface area (Å²) in [5.74, 6) is 0. The highest BCUT2D eigenvalue weighted by Crippen LogP contribution is 2.18. The molecule has 4 heteroatoms. The van der Waals surface area contributed by atoms with Crippen molar-refractivity contribution in [3.05, 3.63) is 26.3 Å². The molecule has 0 spiro atoms. The Balaban J connectivity index is 3.46. The SMILES string of the molecule is [2H]c1c(Br)nc(Br)c([2H])c1Cl. The molecule has 0 aliphatic carbocycles. The number of nitrogens with zero attached hydrogens (tertiary/aromatic N) is 1. The van der Waals surface area contributed by atoms with Crippen molar-refractivity contribution < 1.29 is 2.74 Å². The van der Waals surface area contributed by atoms with Crippen molar-refractivity contribution >= 4 is 43.5 Å². The van der Waals surface area contributed by atoms with Gasteiger partial charge in [0, 0.05) is 5.02 Å². The van der Waals surface area contributed by atoms with Gasteiger partial charge in [-0.05, 0) is 43.9 Å². The number of hydrogen-bond donors (Lipinski definition) is 0. The highest BCUT2D eigenvalue weighted by molar-refractivity contribution is 9.11. The molecule has 0 bridgehead atoms. The topological polar surface area (TPSA) is 12.9 Å². The minimum absolute atomic E-state index is 0.0415. The number of rotatable bonds is 0. The number of hydrogen-bond acceptors (Lipinski definition) is 1. The lowest BCUT2D eigenvalue weighted by Gasteiger charge is -1.91. The van der Waals surface area contributed by atoms with Gasteiger partial charge in [0.1, 0.15) is 9.21 Å². The lowest BCUT2D eigenvalue weighted by molar-refractivity contribution is 1.23. The third kappa shape index (κ3) is 2.24. The zero-order valence-electron chi connectivity index (χ0n) is 6.08. The minimum Gasteiger partial charge on any atom is -0.234 e. The highest BCUT2D eigenvalue weighted by atomic mass is 79.9. The van der Waals surface area contributed by atoms with E-state index in [1.807, 2.05) is 0 Å². The second-order valence-electron chi connectivity index (χ2n) is 1.26. The van der Waals surface area contributed by atoms with E-state index < -0.39 is 0 Å². The van der Waals surface area contributed by atoms with E-state index in [4.69, 9.17) is 14.3 Å². The van der Waals surface area contributed by atoms with Gasteiger partial charge in [-0.3, -0.25) is 0 Å². The molecule has 0 aliphatic rings. The molecule has 0 amide bonds. The van der Waals surface area contributed by atoms with E-state index in [0.29, 0.717) is 9.21 Å². The van der Waals surface area contributed by atoms with E-state index in [-0.39, 0.29) is 17.1 Å². The fourth-order valence-corrected chi connectivity index (χ4v) is 1.75. The molecule has 0 radical (unpaired) electrons. The molecule has 0 N–H and O–H groups in total. The predicted octanol–water partition coefficient (Wildman–Crippen LogP) is 3.26. The van der Waals surface area contributed by atoms with Crippen LogP contribution in [-0.4, -0.2) is 4.98 Å². The molecular formula is C5H2Br2ClN. The molecule has 1 heterocycles. The molecular weight excluding hydrogens is 269 g/mol. The van der Waals surface area contributed by atoms with Crippen molar-refractivity contribution in [2.75, 3.05) is 0 Å². The molecule has 1 rings (SSSR count). The smallest absolute Gasteiger partial charge is 0.108 e. The van der Waals surface area contributed by atoms with Crippen LogP contribution in [0.25, 0.3) is 0 Å². The molecule has 48 valence electrons. The van der Waals surface area contributed by atoms with E-state index in [0.717, 1.165) is 0 Å². The third-order valence-corrected chi connectivity index (χ3v) is 1.56. The van der Waals surface area contributed by atoms with Crippen molar-refractivity contribution in [1.82, 2.24) is 4.98 Å². The van der Waals surface area contributed by atoms with Crippen LogP contribution >= 0.6 is 43.5 Å². The first-order chi connectivity index (χ1) is 5.04. The Labute approximate surface area is 77.5 Å². The van der Waals surface area contributed by atoms with Crippen LogP contribution in [0.1, 0.15) is 2.74 Å². The fraction of sp³-hybridized carbons (Fsp3) is 0. The lowest BCUT2D eigenvalue weighted by atomic mass is 10.5. The van der Waals surface area contributed by atoms with E-state index in [9.17, 15) is 0 Å². The monoisotopic (exact) mass is 271 g/mol. The van der Waals surface area contributed by atoms with E-state index in [1.54, 1.807) is 0 Å². The summed E-state index contributed by atoms with van der Waals surface area (Å²) in [6.45, 7) is 0. The summed E-state index contributed by atoms with van der Waals surface area (Å²) in [7, 11) is 0. The summed E-state index contributed by atoms with van der Waals surface area (Å²) in [6.07, 6.45) is 0. The summed E-state index contributed by atoms with van der Waals surface area (Å²) < 4.78 is 15.3. The quantitative estimate of drug-likeness (QED) is 0.661. The third-order valence-electron chi connectivity index (χ3n) is 0.622. The van der Waals surface area contributed by atoms with Crippen LogP contribution in [0.4, 0.5) is 0 Å². The zero-order valence-corrected chi connectivity index (χ0v) is 8.01. The van der Waals surface area contributed by atoms with E-state index >= 15 is 0 Å². The molecule has 0 saturated carbocycles. The second kappa shape index (κ2) is 2.99. The van der Waals surface area contributed by atoms with Crippen molar-refractivity contribution in [3.8, 4) is 0 Å². The van der Waals surface area contributed by atoms with Crippen LogP contribution in [0.3, 0.4) is 0 Å². The Hall–Kier alpha value is 0.400. The Morgan fingerprint density at radius 3 is 2.33 bits per heavy atom. The van der Waals surface area contributed by atoms with Gasteiger partial charge in [0.15, 0.2) is 0 Å². The fourth-order valence-electron chi connectivity index (χ4n) is 0.354. The first-order valence-corrected chi connectivity index (χ1v) is 3.98. The molecule has 0 aliphatic heterocycles. The van der Waals surface area contributed by atoms with Gasteiger partial charge >= 0.3 is 0 Å². The Bertz CT molecular complexity index is 279. The Morgan fingerprint density at radius 2 is 1.89 bits per heavy atom. The van der Waals surface area contributed by atoms with Crippen molar-refractivity contribution in [3.63, 3.8) is 0 Å². The van der Waals surface area contributed by atoms with Gasteiger partial charge in [-0.1, -0.05) is 11.6 Å². The van der Waals surface area contributed by atoms with Gasteiger partial charge in [-0.25, -0.2) is 4.98 Å². The molecule has 1 nitrogen and oxygen atoms in total. The maximum atomic E-state index is 7.30. The molecule has 0 saturated heterocycles. The summed E-state index contributed by atoms with van der Waals surface area (Å²) in [4.78, 5) is 3.81. The minimum atomic E-state index is 0.0415. The van der Waals surface area contributed by atoms with Crippen LogP contribution in [0, 0.1) is 0 Å². The van der Waals surface area contributed by atoms with Gasteiger partial charge in [0.05, 0.1) is 2.74 Å².